The fraction of sp³-hybridized carbons (Fsp3) is 0.650. The largest absolute Gasteiger partial charge is 0.497 e. The Morgan fingerprint density at radius 1 is 1.31 bits per heavy atom. The number of amides is 1. The lowest BCUT2D eigenvalue weighted by atomic mass is 9.66. The fourth-order valence-corrected chi connectivity index (χ4v) is 4.72. The van der Waals surface area contributed by atoms with Gasteiger partial charge in [-0.1, -0.05) is 18.9 Å². The van der Waals surface area contributed by atoms with E-state index in [1.54, 1.807) is 14.2 Å². The first kappa shape index (κ1) is 19.0. The summed E-state index contributed by atoms with van der Waals surface area (Å²) < 4.78 is 11.0. The van der Waals surface area contributed by atoms with Gasteiger partial charge in [0, 0.05) is 43.1 Å². The first-order valence-corrected chi connectivity index (χ1v) is 9.45. The molecule has 1 aromatic rings. The smallest absolute Gasteiger partial charge is 0.218 e. The predicted molar refractivity (Wildman–Crippen MR) is 99.2 cm³/mol. The van der Waals surface area contributed by atoms with Gasteiger partial charge in [0.05, 0.1) is 19.8 Å². The molecule has 6 nitrogen and oxygen atoms in total. The Morgan fingerprint density at radius 3 is 2.81 bits per heavy atom. The quantitative estimate of drug-likeness (QED) is 0.811. The number of nitrogens with zero attached hydrogens (tertiary/aromatic N) is 1. The second-order valence-corrected chi connectivity index (χ2v) is 7.51. The van der Waals surface area contributed by atoms with Gasteiger partial charge in [-0.05, 0) is 25.3 Å². The van der Waals surface area contributed by atoms with Gasteiger partial charge in [-0.2, -0.15) is 0 Å². The highest BCUT2D eigenvalue weighted by Crippen LogP contribution is 2.51. The topological polar surface area (TPSA) is 85.0 Å². The number of nitrogens with two attached hydrogens (primary N) is 1. The van der Waals surface area contributed by atoms with Gasteiger partial charge in [0.1, 0.15) is 11.5 Å². The zero-order valence-electron chi connectivity index (χ0n) is 15.7. The van der Waals surface area contributed by atoms with Crippen LogP contribution in [0.3, 0.4) is 0 Å². The molecular weight excluding hydrogens is 332 g/mol. The van der Waals surface area contributed by atoms with Crippen LogP contribution in [0.25, 0.3) is 0 Å². The summed E-state index contributed by atoms with van der Waals surface area (Å²) in [7, 11) is 3.29. The van der Waals surface area contributed by atoms with Gasteiger partial charge in [0.2, 0.25) is 5.91 Å². The molecule has 1 aliphatic heterocycles. The molecule has 1 aliphatic carbocycles. The van der Waals surface area contributed by atoms with Crippen molar-refractivity contribution in [1.82, 2.24) is 4.90 Å². The minimum Gasteiger partial charge on any atom is -0.497 e. The summed E-state index contributed by atoms with van der Waals surface area (Å²) in [5, 5.41) is 11.3. The number of rotatable bonds is 6. The number of ether oxygens (including phenoxy) is 2. The molecule has 0 aromatic heterocycles. The second-order valence-electron chi connectivity index (χ2n) is 7.51. The molecule has 0 bridgehead atoms. The van der Waals surface area contributed by atoms with Gasteiger partial charge in [-0.25, -0.2) is 0 Å². The van der Waals surface area contributed by atoms with E-state index in [-0.39, 0.29) is 17.9 Å². The number of aliphatic hydroxyl groups is 1. The molecule has 26 heavy (non-hydrogen) atoms. The second kappa shape index (κ2) is 7.84. The van der Waals surface area contributed by atoms with Crippen LogP contribution >= 0.6 is 0 Å². The molecule has 0 spiro atoms. The third kappa shape index (κ3) is 3.67. The van der Waals surface area contributed by atoms with Crippen molar-refractivity contribution in [1.29, 1.82) is 0 Å². The van der Waals surface area contributed by atoms with Gasteiger partial charge in [-0.3, -0.25) is 9.69 Å². The Labute approximate surface area is 155 Å². The highest BCUT2D eigenvalue weighted by Gasteiger charge is 2.49. The minimum atomic E-state index is -0.642. The van der Waals surface area contributed by atoms with E-state index in [4.69, 9.17) is 15.2 Å². The Balaban J connectivity index is 1.99. The summed E-state index contributed by atoms with van der Waals surface area (Å²) in [6.07, 6.45) is 5.07. The molecule has 1 amide bonds. The Morgan fingerprint density at radius 2 is 2.12 bits per heavy atom. The number of primary amides is 1. The van der Waals surface area contributed by atoms with E-state index in [0.717, 1.165) is 55.7 Å². The zero-order chi connectivity index (χ0) is 18.7. The summed E-state index contributed by atoms with van der Waals surface area (Å²) in [5.74, 6) is 1.33. The van der Waals surface area contributed by atoms with Crippen molar-refractivity contribution < 1.29 is 19.4 Å². The third-order valence-electron chi connectivity index (χ3n) is 6.08. The number of fused-ring (bicyclic) bond motifs is 1. The summed E-state index contributed by atoms with van der Waals surface area (Å²) in [4.78, 5) is 13.6. The number of carbonyl (C=O) groups excluding carboxylic acids is 1. The van der Waals surface area contributed by atoms with Crippen molar-refractivity contribution in [2.75, 3.05) is 27.3 Å². The average Bonchev–Trinajstić information content (AvgIpc) is 2.65. The van der Waals surface area contributed by atoms with Gasteiger partial charge in [-0.15, -0.1) is 0 Å². The lowest BCUT2D eigenvalue weighted by Gasteiger charge is -2.53. The molecule has 144 valence electrons. The molecule has 3 rings (SSSR count). The molecule has 6 heteroatoms. The Kier molecular flexibility index (Phi) is 5.73. The standard InChI is InChI=1S/C20H30N2O4/c1-25-14-6-7-15(17(13-14)26-2)19-16-5-3-4-9-20(16,24)10-12-22(19)11-8-18(21)23/h6-7,13,16,19,24H,3-5,8-12H2,1-2H3,(H2,21,23). The number of carbonyl (C=O) groups is 1. The SMILES string of the molecule is COc1ccc(C2C3CCCCC3(O)CCN2CCC(N)=O)c(OC)c1. The van der Waals surface area contributed by atoms with E-state index in [9.17, 15) is 9.90 Å². The van der Waals surface area contributed by atoms with E-state index < -0.39 is 5.60 Å². The van der Waals surface area contributed by atoms with Crippen LogP contribution in [-0.4, -0.2) is 48.8 Å². The summed E-state index contributed by atoms with van der Waals surface area (Å²) in [5.41, 5.74) is 5.79. The number of methoxy groups -OCH3 is 2. The van der Waals surface area contributed by atoms with Gasteiger partial charge >= 0.3 is 0 Å². The molecular formula is C20H30N2O4. The van der Waals surface area contributed by atoms with Crippen LogP contribution in [0.15, 0.2) is 18.2 Å². The van der Waals surface area contributed by atoms with Gasteiger partial charge in [0.25, 0.3) is 0 Å². The van der Waals surface area contributed by atoms with Crippen molar-refractivity contribution in [3.05, 3.63) is 23.8 Å². The summed E-state index contributed by atoms with van der Waals surface area (Å²) in [6.45, 7) is 1.35. The molecule has 3 N–H and O–H groups in total. The van der Waals surface area contributed by atoms with E-state index in [1.165, 1.54) is 0 Å². The van der Waals surface area contributed by atoms with E-state index in [0.29, 0.717) is 13.0 Å². The first-order valence-electron chi connectivity index (χ1n) is 9.45. The average molecular weight is 362 g/mol. The predicted octanol–water partition coefficient (Wildman–Crippen LogP) is 2.25. The summed E-state index contributed by atoms with van der Waals surface area (Å²) >= 11 is 0. The van der Waals surface area contributed by atoms with E-state index in [2.05, 4.69) is 4.90 Å². The maximum absolute atomic E-state index is 11.3. The molecule has 3 atom stereocenters. The van der Waals surface area contributed by atoms with Crippen molar-refractivity contribution in [2.45, 2.75) is 50.2 Å². The molecule has 1 saturated heterocycles. The zero-order valence-corrected chi connectivity index (χ0v) is 15.7. The third-order valence-corrected chi connectivity index (χ3v) is 6.08. The summed E-state index contributed by atoms with van der Waals surface area (Å²) in [6, 6.07) is 5.85. The van der Waals surface area contributed by atoms with Crippen molar-refractivity contribution in [3.8, 4) is 11.5 Å². The molecule has 2 aliphatic rings. The van der Waals surface area contributed by atoms with Crippen LogP contribution in [0.2, 0.25) is 0 Å². The Bertz CT molecular complexity index is 651. The molecule has 2 fully saturated rings. The lowest BCUT2D eigenvalue weighted by molar-refractivity contribution is -0.128. The maximum Gasteiger partial charge on any atom is 0.218 e. The minimum absolute atomic E-state index is 0.00857. The van der Waals surface area contributed by atoms with Crippen LogP contribution in [-0.2, 0) is 4.79 Å². The van der Waals surface area contributed by atoms with Crippen LogP contribution in [0.1, 0.15) is 50.1 Å². The molecule has 1 heterocycles. The highest BCUT2D eigenvalue weighted by molar-refractivity contribution is 5.73. The number of benzene rings is 1. The van der Waals surface area contributed by atoms with Crippen LogP contribution < -0.4 is 15.2 Å². The molecule has 0 radical (unpaired) electrons. The Hall–Kier alpha value is -1.79. The maximum atomic E-state index is 11.3. The molecule has 1 aromatic carbocycles. The number of hydrogen-bond donors (Lipinski definition) is 2. The first-order chi connectivity index (χ1) is 12.5. The monoisotopic (exact) mass is 362 g/mol. The van der Waals surface area contributed by atoms with Gasteiger partial charge < -0.3 is 20.3 Å². The van der Waals surface area contributed by atoms with Crippen LogP contribution in [0.4, 0.5) is 0 Å². The fourth-order valence-electron chi connectivity index (χ4n) is 4.72. The number of hydrogen-bond acceptors (Lipinski definition) is 5. The van der Waals surface area contributed by atoms with E-state index >= 15 is 0 Å². The van der Waals surface area contributed by atoms with E-state index in [1.807, 2.05) is 18.2 Å². The highest BCUT2D eigenvalue weighted by atomic mass is 16.5. The van der Waals surface area contributed by atoms with Crippen molar-refractivity contribution >= 4 is 5.91 Å². The van der Waals surface area contributed by atoms with Crippen molar-refractivity contribution in [2.24, 2.45) is 11.7 Å². The number of piperidine rings is 1. The lowest BCUT2D eigenvalue weighted by Crippen LogP contribution is -2.55. The number of likely N-dealkylation sites (tertiary alicyclic amines) is 1. The van der Waals surface area contributed by atoms with Crippen molar-refractivity contribution in [3.63, 3.8) is 0 Å². The molecule has 1 saturated carbocycles. The normalized spacial score (nSPS) is 29.0. The molecule has 3 unspecified atom stereocenters. The van der Waals surface area contributed by atoms with Crippen LogP contribution in [0.5, 0.6) is 11.5 Å². The van der Waals surface area contributed by atoms with Gasteiger partial charge in [0.15, 0.2) is 0 Å². The van der Waals surface area contributed by atoms with Crippen LogP contribution in [0, 0.1) is 5.92 Å².